The summed E-state index contributed by atoms with van der Waals surface area (Å²) in [6, 6.07) is 0. The van der Waals surface area contributed by atoms with Gasteiger partial charge < -0.3 is 34.3 Å². The van der Waals surface area contributed by atoms with E-state index in [0.717, 1.165) is 13.2 Å². The second-order valence-electron chi connectivity index (χ2n) is 6.77. The van der Waals surface area contributed by atoms with E-state index in [9.17, 15) is 0 Å². The van der Waals surface area contributed by atoms with Gasteiger partial charge in [-0.25, -0.2) is 0 Å². The standard InChI is InChI=1S/C18H20O2Si.2ClH.Zr/c1-11-5-13-7-19-9-15(13)17(11)21(3,4)18-12(2)6-14-8-20-10-16(14)18;;;/h5-6,9-10H,7-8H2,1-4H3;2*1H;/q;;;+2/p-2. The number of hydrogen-bond acceptors (Lipinski definition) is 2. The molecule has 0 amide bonds. The van der Waals surface area contributed by atoms with Crippen LogP contribution in [0.2, 0.25) is 13.1 Å². The van der Waals surface area contributed by atoms with E-state index in [4.69, 9.17) is 9.47 Å². The van der Waals surface area contributed by atoms with Gasteiger partial charge in [-0.05, 0) is 35.4 Å². The van der Waals surface area contributed by atoms with Crippen LogP contribution in [0.25, 0.3) is 0 Å². The Kier molecular flexibility index (Phi) is 6.83. The summed E-state index contributed by atoms with van der Waals surface area (Å²) in [4.78, 5) is 0. The van der Waals surface area contributed by atoms with Crippen LogP contribution in [0.5, 0.6) is 0 Å². The molecule has 0 atom stereocenters. The Labute approximate surface area is 176 Å². The molecule has 0 saturated heterocycles. The molecule has 0 radical (unpaired) electrons. The number of rotatable bonds is 2. The molecule has 0 aromatic carbocycles. The molecule has 2 nitrogen and oxygen atoms in total. The molecule has 0 fully saturated rings. The Morgan fingerprint density at radius 1 is 0.792 bits per heavy atom. The molecule has 4 aliphatic rings. The first kappa shape index (κ1) is 21.8. The van der Waals surface area contributed by atoms with Crippen LogP contribution in [0.1, 0.15) is 13.8 Å². The van der Waals surface area contributed by atoms with Crippen LogP contribution in [-0.4, -0.2) is 21.3 Å². The molecule has 0 aromatic rings. The van der Waals surface area contributed by atoms with Crippen molar-refractivity contribution >= 4 is 8.07 Å². The molecule has 24 heavy (non-hydrogen) atoms. The molecular weight excluding hydrogens is 438 g/mol. The maximum absolute atomic E-state index is 5.55. The maximum atomic E-state index is 5.55. The van der Waals surface area contributed by atoms with Gasteiger partial charge in [0.15, 0.2) is 0 Å². The first-order valence-electron chi connectivity index (χ1n) is 7.49. The van der Waals surface area contributed by atoms with Gasteiger partial charge in [0.2, 0.25) is 0 Å². The largest absolute Gasteiger partial charge is 2.00 e. The molecule has 6 heteroatoms. The molecule has 126 valence electrons. The van der Waals surface area contributed by atoms with E-state index in [0.29, 0.717) is 0 Å². The van der Waals surface area contributed by atoms with Crippen molar-refractivity contribution in [2.45, 2.75) is 26.9 Å². The third-order valence-electron chi connectivity index (χ3n) is 4.93. The van der Waals surface area contributed by atoms with E-state index in [2.05, 4.69) is 39.1 Å². The van der Waals surface area contributed by atoms with Crippen LogP contribution in [0.4, 0.5) is 0 Å². The number of ether oxygens (including phenoxy) is 2. The van der Waals surface area contributed by atoms with Gasteiger partial charge in [-0.15, -0.1) is 0 Å². The normalized spacial score (nSPS) is 20.5. The monoisotopic (exact) mass is 456 g/mol. The van der Waals surface area contributed by atoms with E-state index in [1.807, 2.05) is 12.5 Å². The zero-order valence-electron chi connectivity index (χ0n) is 14.3. The zero-order chi connectivity index (χ0) is 14.8. The predicted octanol–water partition coefficient (Wildman–Crippen LogP) is -1.88. The quantitative estimate of drug-likeness (QED) is 0.451. The number of hydrogen-bond donors (Lipinski definition) is 0. The Morgan fingerprint density at radius 2 is 1.17 bits per heavy atom. The summed E-state index contributed by atoms with van der Waals surface area (Å²) >= 11 is 0. The maximum Gasteiger partial charge on any atom is 2.00 e. The summed E-state index contributed by atoms with van der Waals surface area (Å²) in [5, 5.41) is 3.07. The average Bonchev–Trinajstić information content (AvgIpc) is 3.07. The number of allylic oxidation sites excluding steroid dienone is 6. The van der Waals surface area contributed by atoms with E-state index in [-0.39, 0.29) is 51.0 Å². The van der Waals surface area contributed by atoms with Crippen molar-refractivity contribution in [3.63, 3.8) is 0 Å². The minimum Gasteiger partial charge on any atom is -1.00 e. The molecule has 0 aromatic heterocycles. The Hall–Kier alpha value is -0.280. The van der Waals surface area contributed by atoms with Crippen molar-refractivity contribution in [1.82, 2.24) is 0 Å². The first-order valence-corrected chi connectivity index (χ1v) is 10.5. The van der Waals surface area contributed by atoms with E-state index in [1.54, 1.807) is 0 Å². The van der Waals surface area contributed by atoms with Crippen molar-refractivity contribution in [2.75, 3.05) is 13.2 Å². The van der Waals surface area contributed by atoms with Crippen LogP contribution in [0.15, 0.2) is 68.5 Å². The SMILES string of the molecule is CC1=C([Si](C)(C)C2=C(C)C=C3COC=C32)C2=COCC2=C1.[Cl-].[Cl-].[Zr+2]. The number of halogens is 2. The molecule has 0 N–H and O–H groups in total. The van der Waals surface area contributed by atoms with Gasteiger partial charge in [-0.3, -0.25) is 0 Å². The minimum absolute atomic E-state index is 0. The van der Waals surface area contributed by atoms with Crippen molar-refractivity contribution in [3.8, 4) is 0 Å². The van der Waals surface area contributed by atoms with Crippen LogP contribution in [0.3, 0.4) is 0 Å². The van der Waals surface area contributed by atoms with E-state index >= 15 is 0 Å². The third-order valence-corrected chi connectivity index (χ3v) is 8.76. The number of fused-ring (bicyclic) bond motifs is 2. The van der Waals surface area contributed by atoms with E-state index in [1.165, 1.54) is 43.8 Å². The fraction of sp³-hybridized carbons (Fsp3) is 0.333. The van der Waals surface area contributed by atoms with Gasteiger partial charge >= 0.3 is 26.2 Å². The second-order valence-corrected chi connectivity index (χ2v) is 11.0. The minimum atomic E-state index is -1.78. The fourth-order valence-corrected chi connectivity index (χ4v) is 8.44. The molecule has 0 bridgehead atoms. The smallest absolute Gasteiger partial charge is 1.00 e. The van der Waals surface area contributed by atoms with Crippen LogP contribution >= 0.6 is 0 Å². The van der Waals surface area contributed by atoms with Crippen LogP contribution in [0, 0.1) is 0 Å². The van der Waals surface area contributed by atoms with Crippen molar-refractivity contribution < 1.29 is 60.5 Å². The average molecular weight is 459 g/mol. The Morgan fingerprint density at radius 3 is 1.54 bits per heavy atom. The van der Waals surface area contributed by atoms with Crippen molar-refractivity contribution in [3.05, 3.63) is 68.5 Å². The van der Waals surface area contributed by atoms with Crippen molar-refractivity contribution in [2.24, 2.45) is 0 Å². The van der Waals surface area contributed by atoms with Crippen molar-refractivity contribution in [1.29, 1.82) is 0 Å². The van der Waals surface area contributed by atoms with Gasteiger partial charge in [0, 0.05) is 11.1 Å². The Balaban J connectivity index is 0.000000960. The van der Waals surface area contributed by atoms with Gasteiger partial charge in [-0.2, -0.15) is 0 Å². The Bertz CT molecular complexity index is 693. The molecule has 0 saturated carbocycles. The van der Waals surface area contributed by atoms with Gasteiger partial charge in [-0.1, -0.05) is 36.4 Å². The van der Waals surface area contributed by atoms with Crippen LogP contribution in [-0.2, 0) is 35.7 Å². The summed E-state index contributed by atoms with van der Waals surface area (Å²) < 4.78 is 11.1. The summed E-state index contributed by atoms with van der Waals surface area (Å²) in [5.74, 6) is 0. The van der Waals surface area contributed by atoms with Gasteiger partial charge in [0.1, 0.15) is 21.3 Å². The topological polar surface area (TPSA) is 18.5 Å². The zero-order valence-corrected chi connectivity index (χ0v) is 19.3. The molecule has 2 aliphatic heterocycles. The molecular formula is C18H20Cl2O2SiZr. The summed E-state index contributed by atoms with van der Waals surface area (Å²) in [7, 11) is -1.78. The first-order chi connectivity index (χ1) is 10.00. The summed E-state index contributed by atoms with van der Waals surface area (Å²) in [6.07, 6.45) is 8.54. The second kappa shape index (κ2) is 7.53. The fourth-order valence-electron chi connectivity index (χ4n) is 4.29. The van der Waals surface area contributed by atoms with E-state index < -0.39 is 8.07 Å². The van der Waals surface area contributed by atoms with Gasteiger partial charge in [0.25, 0.3) is 0 Å². The third kappa shape index (κ3) is 3.00. The molecule has 0 unspecified atom stereocenters. The molecule has 0 spiro atoms. The predicted molar refractivity (Wildman–Crippen MR) is 87.1 cm³/mol. The summed E-state index contributed by atoms with van der Waals surface area (Å²) in [6.45, 7) is 10.9. The molecule has 4 rings (SSSR count). The summed E-state index contributed by atoms with van der Waals surface area (Å²) in [5.41, 5.74) is 8.23. The van der Waals surface area contributed by atoms with Crippen LogP contribution < -0.4 is 24.8 Å². The van der Waals surface area contributed by atoms with Gasteiger partial charge in [0.05, 0.1) is 12.5 Å². The molecule has 2 aliphatic carbocycles. The molecule has 2 heterocycles.